The minimum absolute atomic E-state index is 0.0239. The fourth-order valence-corrected chi connectivity index (χ4v) is 4.32. The average molecular weight is 351 g/mol. The highest BCUT2D eigenvalue weighted by molar-refractivity contribution is 5.92. The maximum Gasteiger partial charge on any atom is 0.276 e. The Balaban J connectivity index is 1.63. The van der Waals surface area contributed by atoms with E-state index in [9.17, 15) is 4.79 Å². The van der Waals surface area contributed by atoms with Crippen LogP contribution in [-0.2, 0) is 9.47 Å². The Kier molecular flexibility index (Phi) is 5.76. The smallest absolute Gasteiger partial charge is 0.276 e. The number of piperidine rings is 1. The molecule has 2 fully saturated rings. The summed E-state index contributed by atoms with van der Waals surface area (Å²) in [5, 5.41) is 3.86. The maximum absolute atomic E-state index is 12.6. The van der Waals surface area contributed by atoms with Crippen molar-refractivity contribution in [1.82, 2.24) is 15.0 Å². The largest absolute Gasteiger partial charge is 0.384 e. The first kappa shape index (κ1) is 18.4. The van der Waals surface area contributed by atoms with Crippen molar-refractivity contribution in [3.8, 4) is 0 Å². The first-order chi connectivity index (χ1) is 12.1. The van der Waals surface area contributed by atoms with E-state index in [-0.39, 0.29) is 11.3 Å². The Hall–Kier alpha value is -1.44. The van der Waals surface area contributed by atoms with Crippen molar-refractivity contribution in [2.45, 2.75) is 19.8 Å². The Morgan fingerprint density at radius 1 is 1.36 bits per heavy atom. The molecule has 1 atom stereocenters. The molecule has 0 aromatic carbocycles. The number of nitrogens with zero attached hydrogens (tertiary/aromatic N) is 3. The summed E-state index contributed by atoms with van der Waals surface area (Å²) < 4.78 is 15.8. The number of likely N-dealkylation sites (tertiary alicyclic amines) is 2. The van der Waals surface area contributed by atoms with Gasteiger partial charge in [0.2, 0.25) is 0 Å². The number of hydrogen-bond acceptors (Lipinski definition) is 6. The molecule has 2 saturated heterocycles. The van der Waals surface area contributed by atoms with Gasteiger partial charge in [-0.15, -0.1) is 0 Å². The molecule has 140 valence electrons. The van der Waals surface area contributed by atoms with E-state index in [1.165, 1.54) is 0 Å². The average Bonchev–Trinajstić information content (AvgIpc) is 3.18. The van der Waals surface area contributed by atoms with Gasteiger partial charge in [-0.2, -0.15) is 0 Å². The van der Waals surface area contributed by atoms with Crippen LogP contribution in [0.5, 0.6) is 0 Å². The molecule has 1 spiro atoms. The summed E-state index contributed by atoms with van der Waals surface area (Å²) in [6.45, 7) is 7.94. The van der Waals surface area contributed by atoms with Crippen LogP contribution in [0.4, 0.5) is 0 Å². The minimum atomic E-state index is -0.0239. The van der Waals surface area contributed by atoms with Gasteiger partial charge in [-0.05, 0) is 25.2 Å². The Morgan fingerprint density at radius 2 is 2.12 bits per heavy atom. The normalized spacial score (nSPS) is 23.5. The summed E-state index contributed by atoms with van der Waals surface area (Å²) in [6.07, 6.45) is 2.01. The van der Waals surface area contributed by atoms with Gasteiger partial charge >= 0.3 is 0 Å². The molecule has 25 heavy (non-hydrogen) atoms. The van der Waals surface area contributed by atoms with E-state index in [0.29, 0.717) is 17.4 Å². The van der Waals surface area contributed by atoms with Gasteiger partial charge in [-0.3, -0.25) is 4.79 Å². The summed E-state index contributed by atoms with van der Waals surface area (Å²) in [5.41, 5.74) is 0.648. The molecule has 0 aliphatic carbocycles. The SMILES string of the molecule is COCCN1C[C@@H](COC)C2(CCN(C(=O)c3cc(C)on3)CC2)C1. The van der Waals surface area contributed by atoms with Crippen molar-refractivity contribution < 1.29 is 18.8 Å². The van der Waals surface area contributed by atoms with Crippen LogP contribution >= 0.6 is 0 Å². The fraction of sp³-hybridized carbons (Fsp3) is 0.778. The van der Waals surface area contributed by atoms with Gasteiger partial charge in [-0.25, -0.2) is 0 Å². The molecule has 7 nitrogen and oxygen atoms in total. The monoisotopic (exact) mass is 351 g/mol. The number of rotatable bonds is 6. The molecule has 1 aromatic heterocycles. The van der Waals surface area contributed by atoms with Crippen molar-refractivity contribution in [1.29, 1.82) is 0 Å². The highest BCUT2D eigenvalue weighted by Gasteiger charge is 2.48. The number of aromatic nitrogens is 1. The lowest BCUT2D eigenvalue weighted by Crippen LogP contribution is -2.47. The molecular formula is C18H29N3O4. The first-order valence-electron chi connectivity index (χ1n) is 9.01. The van der Waals surface area contributed by atoms with Crippen LogP contribution in [0, 0.1) is 18.3 Å². The fourth-order valence-electron chi connectivity index (χ4n) is 4.32. The van der Waals surface area contributed by atoms with Gasteiger partial charge in [0.15, 0.2) is 5.69 Å². The van der Waals surface area contributed by atoms with Crippen LogP contribution in [0.25, 0.3) is 0 Å². The zero-order chi connectivity index (χ0) is 17.9. The molecule has 2 aliphatic heterocycles. The molecule has 0 bridgehead atoms. The lowest BCUT2D eigenvalue weighted by atomic mass is 9.71. The third kappa shape index (κ3) is 3.88. The minimum Gasteiger partial charge on any atom is -0.384 e. The van der Waals surface area contributed by atoms with Crippen molar-refractivity contribution >= 4 is 5.91 Å². The van der Waals surface area contributed by atoms with Gasteiger partial charge in [0.1, 0.15) is 5.76 Å². The van der Waals surface area contributed by atoms with E-state index in [1.807, 2.05) is 4.90 Å². The van der Waals surface area contributed by atoms with Crippen molar-refractivity contribution in [3.63, 3.8) is 0 Å². The number of carbonyl (C=O) groups is 1. The van der Waals surface area contributed by atoms with Crippen LogP contribution in [0.1, 0.15) is 29.1 Å². The third-order valence-electron chi connectivity index (χ3n) is 5.76. The first-order valence-corrected chi connectivity index (χ1v) is 9.01. The van der Waals surface area contributed by atoms with E-state index in [0.717, 1.165) is 58.8 Å². The predicted molar refractivity (Wildman–Crippen MR) is 92.5 cm³/mol. The van der Waals surface area contributed by atoms with Gasteiger partial charge in [0.25, 0.3) is 5.91 Å². The standard InChI is InChI=1S/C18H29N3O4/c1-14-10-16(19-25-14)17(22)21-6-4-18(5-7-21)13-20(8-9-23-2)11-15(18)12-24-3/h10,15H,4-9,11-13H2,1-3H3/t15-/m0/s1. The summed E-state index contributed by atoms with van der Waals surface area (Å²) in [7, 11) is 3.52. The van der Waals surface area contributed by atoms with Crippen LogP contribution in [0.3, 0.4) is 0 Å². The van der Waals surface area contributed by atoms with E-state index in [2.05, 4.69) is 10.1 Å². The zero-order valence-electron chi connectivity index (χ0n) is 15.5. The second kappa shape index (κ2) is 7.85. The second-order valence-corrected chi connectivity index (χ2v) is 7.36. The lowest BCUT2D eigenvalue weighted by molar-refractivity contribution is 0.0316. The topological polar surface area (TPSA) is 68.0 Å². The third-order valence-corrected chi connectivity index (χ3v) is 5.76. The number of aryl methyl sites for hydroxylation is 1. The molecule has 3 rings (SSSR count). The van der Waals surface area contributed by atoms with Crippen LogP contribution in [-0.4, -0.2) is 81.0 Å². The van der Waals surface area contributed by atoms with Gasteiger partial charge in [0.05, 0.1) is 13.2 Å². The Morgan fingerprint density at radius 3 is 2.72 bits per heavy atom. The highest BCUT2D eigenvalue weighted by Crippen LogP contribution is 2.44. The van der Waals surface area contributed by atoms with E-state index >= 15 is 0 Å². The lowest BCUT2D eigenvalue weighted by Gasteiger charge is -2.42. The molecule has 0 radical (unpaired) electrons. The molecule has 2 aliphatic rings. The molecular weight excluding hydrogens is 322 g/mol. The summed E-state index contributed by atoms with van der Waals surface area (Å²) in [5.74, 6) is 1.16. The molecule has 7 heteroatoms. The molecule has 1 aromatic rings. The van der Waals surface area contributed by atoms with Crippen LogP contribution in [0.15, 0.2) is 10.6 Å². The van der Waals surface area contributed by atoms with E-state index in [1.54, 1.807) is 27.2 Å². The van der Waals surface area contributed by atoms with Crippen molar-refractivity contribution in [3.05, 3.63) is 17.5 Å². The maximum atomic E-state index is 12.6. The Labute approximate surface area is 149 Å². The highest BCUT2D eigenvalue weighted by atomic mass is 16.5. The quantitative estimate of drug-likeness (QED) is 0.772. The molecule has 0 unspecified atom stereocenters. The van der Waals surface area contributed by atoms with E-state index < -0.39 is 0 Å². The number of ether oxygens (including phenoxy) is 2. The van der Waals surface area contributed by atoms with Gasteiger partial charge in [-0.1, -0.05) is 5.16 Å². The number of methoxy groups -OCH3 is 2. The number of carbonyl (C=O) groups excluding carboxylic acids is 1. The zero-order valence-corrected chi connectivity index (χ0v) is 15.5. The molecule has 1 amide bonds. The summed E-state index contributed by atoms with van der Waals surface area (Å²) >= 11 is 0. The van der Waals surface area contributed by atoms with Crippen LogP contribution < -0.4 is 0 Å². The molecule has 0 saturated carbocycles. The van der Waals surface area contributed by atoms with E-state index in [4.69, 9.17) is 14.0 Å². The van der Waals surface area contributed by atoms with Crippen molar-refractivity contribution in [2.24, 2.45) is 11.3 Å². The summed E-state index contributed by atoms with van der Waals surface area (Å²) in [4.78, 5) is 17.0. The number of amides is 1. The van der Waals surface area contributed by atoms with Crippen LogP contribution in [0.2, 0.25) is 0 Å². The van der Waals surface area contributed by atoms with Crippen molar-refractivity contribution in [2.75, 3.05) is 60.2 Å². The van der Waals surface area contributed by atoms with Gasteiger partial charge in [0, 0.05) is 58.9 Å². The molecule has 0 N–H and O–H groups in total. The van der Waals surface area contributed by atoms with Gasteiger partial charge < -0.3 is 23.8 Å². The number of hydrogen-bond donors (Lipinski definition) is 0. The Bertz CT molecular complexity index is 581. The molecule has 3 heterocycles. The predicted octanol–water partition coefficient (Wildman–Crippen LogP) is 1.43. The summed E-state index contributed by atoms with van der Waals surface area (Å²) in [6, 6.07) is 1.71. The second-order valence-electron chi connectivity index (χ2n) is 7.36.